The van der Waals surface area contributed by atoms with Crippen LogP contribution in [0.5, 0.6) is 0 Å². The largest absolute Gasteiger partial charge is 0.481 e. The molecule has 2 amide bonds. The number of carbonyl (C=O) groups is 2. The van der Waals surface area contributed by atoms with Gasteiger partial charge in [-0.05, 0) is 25.3 Å². The molecule has 0 aliphatic carbocycles. The predicted octanol–water partition coefficient (Wildman–Crippen LogP) is 2.49. The Balaban J connectivity index is 2.61. The van der Waals surface area contributed by atoms with Crippen molar-refractivity contribution in [2.24, 2.45) is 0 Å². The van der Waals surface area contributed by atoms with Gasteiger partial charge in [-0.3, -0.25) is 4.79 Å². The maximum atomic E-state index is 12.3. The lowest BCUT2D eigenvalue weighted by Gasteiger charge is -2.28. The predicted molar refractivity (Wildman–Crippen MR) is 75.3 cm³/mol. The van der Waals surface area contributed by atoms with Crippen molar-refractivity contribution in [3.63, 3.8) is 0 Å². The highest BCUT2D eigenvalue weighted by Gasteiger charge is 2.19. The summed E-state index contributed by atoms with van der Waals surface area (Å²) in [4.78, 5) is 27.3. The zero-order valence-corrected chi connectivity index (χ0v) is 12.2. The van der Waals surface area contributed by atoms with Crippen molar-refractivity contribution in [3.8, 4) is 0 Å². The molecule has 0 aliphatic rings. The Morgan fingerprint density at radius 2 is 1.95 bits per heavy atom. The highest BCUT2D eigenvalue weighted by Crippen LogP contribution is 2.13. The lowest BCUT2D eigenvalue weighted by atomic mass is 10.3. The van der Waals surface area contributed by atoms with Crippen LogP contribution in [0.1, 0.15) is 25.1 Å². The summed E-state index contributed by atoms with van der Waals surface area (Å²) in [5, 5.41) is 10.7. The molecule has 1 N–H and O–H groups in total. The second-order valence-corrected chi connectivity index (χ2v) is 5.13. The summed E-state index contributed by atoms with van der Waals surface area (Å²) in [5.41, 5.74) is 0. The first-order valence-corrected chi connectivity index (χ1v) is 7.24. The molecule has 0 aromatic carbocycles. The Morgan fingerprint density at radius 1 is 1.26 bits per heavy atom. The first-order chi connectivity index (χ1) is 9.08. The van der Waals surface area contributed by atoms with E-state index in [-0.39, 0.29) is 19.0 Å². The fourth-order valence-corrected chi connectivity index (χ4v) is 2.44. The molecule has 0 saturated carbocycles. The lowest BCUT2D eigenvalue weighted by molar-refractivity contribution is -0.137. The normalized spacial score (nSPS) is 10.2. The van der Waals surface area contributed by atoms with Gasteiger partial charge in [0, 0.05) is 24.5 Å². The molecule has 5 nitrogen and oxygen atoms in total. The van der Waals surface area contributed by atoms with E-state index in [1.807, 2.05) is 31.4 Å². The van der Waals surface area contributed by atoms with Gasteiger partial charge in [0.2, 0.25) is 0 Å². The summed E-state index contributed by atoms with van der Waals surface area (Å²) in [5.74, 6) is -0.882. The van der Waals surface area contributed by atoms with Gasteiger partial charge in [0.25, 0.3) is 0 Å². The minimum atomic E-state index is -0.882. The molecular weight excluding hydrogens is 264 g/mol. The van der Waals surface area contributed by atoms with E-state index in [1.165, 1.54) is 0 Å². The summed E-state index contributed by atoms with van der Waals surface area (Å²) in [6.07, 6.45) is -0.0177. The van der Waals surface area contributed by atoms with E-state index in [2.05, 4.69) is 0 Å². The van der Waals surface area contributed by atoms with Gasteiger partial charge in [-0.2, -0.15) is 0 Å². The fourth-order valence-electron chi connectivity index (χ4n) is 1.72. The maximum Gasteiger partial charge on any atom is 0.320 e. The molecule has 19 heavy (non-hydrogen) atoms. The molecule has 1 rings (SSSR count). The number of carboxylic acids is 1. The van der Waals surface area contributed by atoms with Gasteiger partial charge < -0.3 is 14.9 Å². The van der Waals surface area contributed by atoms with Crippen molar-refractivity contribution >= 4 is 23.3 Å². The summed E-state index contributed by atoms with van der Waals surface area (Å²) in [7, 11) is 0. The number of aliphatic carboxylic acids is 1. The van der Waals surface area contributed by atoms with Crippen LogP contribution in [0.15, 0.2) is 17.5 Å². The van der Waals surface area contributed by atoms with Crippen molar-refractivity contribution in [3.05, 3.63) is 22.4 Å². The van der Waals surface area contributed by atoms with Gasteiger partial charge in [0.1, 0.15) is 0 Å². The third kappa shape index (κ3) is 4.90. The molecule has 0 saturated heterocycles. The summed E-state index contributed by atoms with van der Waals surface area (Å²) >= 11 is 1.62. The van der Waals surface area contributed by atoms with Gasteiger partial charge in [-0.15, -0.1) is 11.3 Å². The highest BCUT2D eigenvalue weighted by molar-refractivity contribution is 7.09. The van der Waals surface area contributed by atoms with Crippen LogP contribution in [-0.2, 0) is 11.3 Å². The summed E-state index contributed by atoms with van der Waals surface area (Å²) in [6.45, 7) is 5.75. The smallest absolute Gasteiger partial charge is 0.320 e. The van der Waals surface area contributed by atoms with Crippen molar-refractivity contribution in [1.29, 1.82) is 0 Å². The number of nitrogens with zero attached hydrogens (tertiary/aromatic N) is 2. The van der Waals surface area contributed by atoms with Crippen LogP contribution in [0.25, 0.3) is 0 Å². The molecule has 6 heteroatoms. The minimum Gasteiger partial charge on any atom is -0.481 e. The number of thiophene rings is 1. The monoisotopic (exact) mass is 284 g/mol. The van der Waals surface area contributed by atoms with E-state index in [4.69, 9.17) is 5.11 Å². The van der Waals surface area contributed by atoms with Gasteiger partial charge in [0.15, 0.2) is 0 Å². The van der Waals surface area contributed by atoms with E-state index in [9.17, 15) is 9.59 Å². The minimum absolute atomic E-state index is 0.0177. The molecule has 0 atom stereocenters. The number of carboxylic acid groups (broad SMARTS) is 1. The Morgan fingerprint density at radius 3 is 2.42 bits per heavy atom. The third-order valence-electron chi connectivity index (χ3n) is 2.83. The molecule has 0 fully saturated rings. The van der Waals surface area contributed by atoms with Gasteiger partial charge in [-0.25, -0.2) is 4.79 Å². The van der Waals surface area contributed by atoms with Crippen LogP contribution in [0, 0.1) is 0 Å². The quantitative estimate of drug-likeness (QED) is 0.836. The summed E-state index contributed by atoms with van der Waals surface area (Å²) < 4.78 is 0. The molecule has 1 heterocycles. The van der Waals surface area contributed by atoms with Crippen LogP contribution < -0.4 is 0 Å². The first kappa shape index (κ1) is 15.5. The summed E-state index contributed by atoms with van der Waals surface area (Å²) in [6, 6.07) is 3.86. The van der Waals surface area contributed by atoms with Gasteiger partial charge in [0.05, 0.1) is 13.0 Å². The van der Waals surface area contributed by atoms with E-state index >= 15 is 0 Å². The van der Waals surface area contributed by atoms with E-state index < -0.39 is 5.97 Å². The Kier molecular flexibility index (Phi) is 6.35. The highest BCUT2D eigenvalue weighted by atomic mass is 32.1. The molecule has 0 unspecified atom stereocenters. The van der Waals surface area contributed by atoms with Crippen LogP contribution in [0.2, 0.25) is 0 Å². The standard InChI is InChI=1S/C13H20N2O3S/c1-3-14(8-7-12(16)17)13(18)15(4-2)10-11-6-5-9-19-11/h5-6,9H,3-4,7-8,10H2,1-2H3,(H,16,17). The third-order valence-corrected chi connectivity index (χ3v) is 3.69. The Bertz CT molecular complexity index is 406. The van der Waals surface area contributed by atoms with E-state index in [1.54, 1.807) is 21.1 Å². The molecule has 0 aliphatic heterocycles. The number of hydrogen-bond donors (Lipinski definition) is 1. The number of carbonyl (C=O) groups excluding carboxylic acids is 1. The number of amides is 2. The molecule has 1 aromatic heterocycles. The number of rotatable bonds is 7. The zero-order valence-electron chi connectivity index (χ0n) is 11.3. The maximum absolute atomic E-state index is 12.3. The zero-order chi connectivity index (χ0) is 14.3. The molecule has 106 valence electrons. The molecule has 0 bridgehead atoms. The van der Waals surface area contributed by atoms with Crippen molar-refractivity contribution < 1.29 is 14.7 Å². The number of urea groups is 1. The Hall–Kier alpha value is -1.56. The molecular formula is C13H20N2O3S. The van der Waals surface area contributed by atoms with Crippen molar-refractivity contribution in [2.75, 3.05) is 19.6 Å². The van der Waals surface area contributed by atoms with Crippen molar-refractivity contribution in [2.45, 2.75) is 26.8 Å². The lowest BCUT2D eigenvalue weighted by Crippen LogP contribution is -2.43. The molecule has 0 radical (unpaired) electrons. The van der Waals surface area contributed by atoms with Gasteiger partial charge in [-0.1, -0.05) is 6.07 Å². The second-order valence-electron chi connectivity index (χ2n) is 4.10. The van der Waals surface area contributed by atoms with Crippen LogP contribution in [0.4, 0.5) is 4.79 Å². The number of hydrogen-bond acceptors (Lipinski definition) is 3. The van der Waals surface area contributed by atoms with E-state index in [0.29, 0.717) is 19.6 Å². The molecule has 0 spiro atoms. The van der Waals surface area contributed by atoms with Crippen LogP contribution in [-0.4, -0.2) is 46.5 Å². The Labute approximate surface area is 117 Å². The van der Waals surface area contributed by atoms with Crippen LogP contribution >= 0.6 is 11.3 Å². The average molecular weight is 284 g/mol. The fraction of sp³-hybridized carbons (Fsp3) is 0.538. The average Bonchev–Trinajstić information content (AvgIpc) is 2.88. The van der Waals surface area contributed by atoms with Gasteiger partial charge >= 0.3 is 12.0 Å². The topological polar surface area (TPSA) is 60.9 Å². The molecule has 1 aromatic rings. The second kappa shape index (κ2) is 7.78. The first-order valence-electron chi connectivity index (χ1n) is 6.36. The van der Waals surface area contributed by atoms with Crippen LogP contribution in [0.3, 0.4) is 0 Å². The van der Waals surface area contributed by atoms with E-state index in [0.717, 1.165) is 4.88 Å². The SMILES string of the molecule is CCN(CCC(=O)O)C(=O)N(CC)Cc1cccs1. The van der Waals surface area contributed by atoms with Crippen molar-refractivity contribution in [1.82, 2.24) is 9.80 Å².